The van der Waals surface area contributed by atoms with Crippen molar-refractivity contribution in [3.63, 3.8) is 0 Å². The Morgan fingerprint density at radius 2 is 1.80 bits per heavy atom. The molecule has 0 spiro atoms. The summed E-state index contributed by atoms with van der Waals surface area (Å²) < 4.78 is 11.2. The summed E-state index contributed by atoms with van der Waals surface area (Å²) in [5.41, 5.74) is 3.77. The summed E-state index contributed by atoms with van der Waals surface area (Å²) in [5.74, 6) is 1.77. The highest BCUT2D eigenvalue weighted by atomic mass is 32.2. The summed E-state index contributed by atoms with van der Waals surface area (Å²) in [6.07, 6.45) is 0. The fourth-order valence-corrected chi connectivity index (χ4v) is 3.99. The molecule has 0 fully saturated rings. The Morgan fingerprint density at radius 1 is 1.03 bits per heavy atom. The summed E-state index contributed by atoms with van der Waals surface area (Å²) in [4.78, 5) is 23.4. The lowest BCUT2D eigenvalue weighted by Gasteiger charge is -2.21. The van der Waals surface area contributed by atoms with Crippen LogP contribution in [0, 0.1) is 6.92 Å². The van der Waals surface area contributed by atoms with Crippen LogP contribution in [-0.2, 0) is 11.3 Å². The van der Waals surface area contributed by atoms with E-state index in [4.69, 9.17) is 9.47 Å². The van der Waals surface area contributed by atoms with Crippen molar-refractivity contribution < 1.29 is 14.3 Å². The smallest absolute Gasteiger partial charge is 0.233 e. The summed E-state index contributed by atoms with van der Waals surface area (Å²) in [7, 11) is 1.80. The standard InChI is InChI=1S/C23H23N3O3S/c1-16-12-19(18-6-4-3-5-7-18)25-23(24-16)30-15-22(27)26(2)14-17-8-9-20-21(13-17)29-11-10-28-20/h3-9,12-13H,10-11,14-15H2,1-2H3. The first-order valence-electron chi connectivity index (χ1n) is 9.75. The SMILES string of the molecule is Cc1cc(-c2ccccc2)nc(SCC(=O)N(C)Cc2ccc3c(c2)OCCO3)n1. The van der Waals surface area contributed by atoms with E-state index in [1.165, 1.54) is 11.8 Å². The number of thioether (sulfide) groups is 1. The van der Waals surface area contributed by atoms with E-state index < -0.39 is 0 Å². The van der Waals surface area contributed by atoms with Crippen LogP contribution >= 0.6 is 11.8 Å². The topological polar surface area (TPSA) is 64.6 Å². The molecular weight excluding hydrogens is 398 g/mol. The van der Waals surface area contributed by atoms with E-state index in [1.54, 1.807) is 11.9 Å². The number of aromatic nitrogens is 2. The Balaban J connectivity index is 1.38. The highest BCUT2D eigenvalue weighted by Gasteiger charge is 2.15. The first kappa shape index (κ1) is 20.2. The number of hydrogen-bond acceptors (Lipinski definition) is 6. The van der Waals surface area contributed by atoms with Crippen molar-refractivity contribution in [1.29, 1.82) is 0 Å². The lowest BCUT2D eigenvalue weighted by molar-refractivity contribution is -0.127. The van der Waals surface area contributed by atoms with Crippen molar-refractivity contribution >= 4 is 17.7 Å². The van der Waals surface area contributed by atoms with Gasteiger partial charge in [-0.2, -0.15) is 0 Å². The van der Waals surface area contributed by atoms with Crippen LogP contribution < -0.4 is 9.47 Å². The number of aryl methyl sites for hydroxylation is 1. The second kappa shape index (κ2) is 9.17. The third kappa shape index (κ3) is 4.91. The van der Waals surface area contributed by atoms with Gasteiger partial charge in [-0.3, -0.25) is 4.79 Å². The average molecular weight is 422 g/mol. The van der Waals surface area contributed by atoms with Crippen LogP contribution in [0.25, 0.3) is 11.3 Å². The summed E-state index contributed by atoms with van der Waals surface area (Å²) in [6.45, 7) is 3.55. The monoisotopic (exact) mass is 421 g/mol. The molecule has 2 aromatic carbocycles. The summed E-state index contributed by atoms with van der Waals surface area (Å²) >= 11 is 1.36. The molecule has 0 saturated carbocycles. The predicted molar refractivity (Wildman–Crippen MR) is 117 cm³/mol. The van der Waals surface area contributed by atoms with E-state index in [9.17, 15) is 4.79 Å². The van der Waals surface area contributed by atoms with Gasteiger partial charge in [-0.1, -0.05) is 48.2 Å². The van der Waals surface area contributed by atoms with E-state index in [0.717, 1.165) is 34.0 Å². The molecule has 1 amide bonds. The number of hydrogen-bond donors (Lipinski definition) is 0. The van der Waals surface area contributed by atoms with E-state index in [0.29, 0.717) is 24.9 Å². The average Bonchev–Trinajstić information content (AvgIpc) is 2.77. The quantitative estimate of drug-likeness (QED) is 0.443. The minimum atomic E-state index is 0.0151. The highest BCUT2D eigenvalue weighted by molar-refractivity contribution is 7.99. The molecular formula is C23H23N3O3S. The Hall–Kier alpha value is -3.06. The minimum absolute atomic E-state index is 0.0151. The van der Waals surface area contributed by atoms with E-state index in [1.807, 2.05) is 61.5 Å². The fourth-order valence-electron chi connectivity index (χ4n) is 3.15. The van der Waals surface area contributed by atoms with E-state index >= 15 is 0 Å². The van der Waals surface area contributed by atoms with Crippen LogP contribution in [0.5, 0.6) is 11.5 Å². The molecule has 6 nitrogen and oxygen atoms in total. The second-order valence-electron chi connectivity index (χ2n) is 7.06. The third-order valence-corrected chi connectivity index (χ3v) is 5.51. The van der Waals surface area contributed by atoms with Crippen LogP contribution in [0.2, 0.25) is 0 Å². The fraction of sp³-hybridized carbons (Fsp3) is 0.261. The number of amides is 1. The molecule has 0 unspecified atom stereocenters. The number of fused-ring (bicyclic) bond motifs is 1. The molecule has 0 atom stereocenters. The number of nitrogens with zero attached hydrogens (tertiary/aromatic N) is 3. The molecule has 0 aliphatic carbocycles. The second-order valence-corrected chi connectivity index (χ2v) is 8.00. The lowest BCUT2D eigenvalue weighted by atomic mass is 10.1. The molecule has 2 heterocycles. The van der Waals surface area contributed by atoms with Gasteiger partial charge in [0.05, 0.1) is 11.4 Å². The van der Waals surface area contributed by atoms with Crippen molar-refractivity contribution in [2.75, 3.05) is 26.0 Å². The Morgan fingerprint density at radius 3 is 2.60 bits per heavy atom. The zero-order valence-electron chi connectivity index (χ0n) is 17.0. The van der Waals surface area contributed by atoms with Crippen molar-refractivity contribution in [3.05, 3.63) is 65.9 Å². The van der Waals surface area contributed by atoms with Crippen molar-refractivity contribution in [2.45, 2.75) is 18.6 Å². The molecule has 0 radical (unpaired) electrons. The van der Waals surface area contributed by atoms with Crippen molar-refractivity contribution in [3.8, 4) is 22.8 Å². The Kier molecular flexibility index (Phi) is 6.18. The molecule has 7 heteroatoms. The Labute approximate surface area is 180 Å². The van der Waals surface area contributed by atoms with Gasteiger partial charge >= 0.3 is 0 Å². The van der Waals surface area contributed by atoms with Crippen LogP contribution in [0.4, 0.5) is 0 Å². The molecule has 1 aromatic heterocycles. The maximum Gasteiger partial charge on any atom is 0.233 e. The molecule has 0 N–H and O–H groups in total. The van der Waals surface area contributed by atoms with Gasteiger partial charge < -0.3 is 14.4 Å². The molecule has 30 heavy (non-hydrogen) atoms. The molecule has 1 aliphatic rings. The number of benzene rings is 2. The first-order chi connectivity index (χ1) is 14.6. The van der Waals surface area contributed by atoms with Gasteiger partial charge in [-0.25, -0.2) is 9.97 Å². The zero-order chi connectivity index (χ0) is 20.9. The zero-order valence-corrected chi connectivity index (χ0v) is 17.8. The van der Waals surface area contributed by atoms with Crippen LogP contribution in [0.1, 0.15) is 11.3 Å². The molecule has 154 valence electrons. The van der Waals surface area contributed by atoms with E-state index in [2.05, 4.69) is 9.97 Å². The maximum atomic E-state index is 12.6. The number of carbonyl (C=O) groups is 1. The molecule has 4 rings (SSSR count). The minimum Gasteiger partial charge on any atom is -0.486 e. The van der Waals surface area contributed by atoms with Crippen LogP contribution in [0.15, 0.2) is 59.8 Å². The number of ether oxygens (including phenoxy) is 2. The molecule has 3 aromatic rings. The van der Waals surface area contributed by atoms with Gasteiger partial charge in [-0.05, 0) is 30.7 Å². The third-order valence-electron chi connectivity index (χ3n) is 4.68. The first-order valence-corrected chi connectivity index (χ1v) is 10.7. The summed E-state index contributed by atoms with van der Waals surface area (Å²) in [5, 5.41) is 0.606. The number of rotatable bonds is 6. The molecule has 0 bridgehead atoms. The van der Waals surface area contributed by atoms with Gasteiger partial charge in [-0.15, -0.1) is 0 Å². The highest BCUT2D eigenvalue weighted by Crippen LogP contribution is 2.31. The normalized spacial score (nSPS) is 12.5. The number of carbonyl (C=O) groups excluding carboxylic acids is 1. The Bertz CT molecular complexity index is 1040. The van der Waals surface area contributed by atoms with Crippen molar-refractivity contribution in [2.24, 2.45) is 0 Å². The maximum absolute atomic E-state index is 12.6. The van der Waals surface area contributed by atoms with Gasteiger partial charge in [0.25, 0.3) is 0 Å². The molecule has 1 aliphatic heterocycles. The largest absolute Gasteiger partial charge is 0.486 e. The van der Waals surface area contributed by atoms with Gasteiger partial charge in [0, 0.05) is 24.8 Å². The summed E-state index contributed by atoms with van der Waals surface area (Å²) in [6, 6.07) is 17.7. The van der Waals surface area contributed by atoms with Crippen LogP contribution in [0.3, 0.4) is 0 Å². The predicted octanol–water partition coefficient (Wildman–Crippen LogP) is 3.97. The molecule has 0 saturated heterocycles. The van der Waals surface area contributed by atoms with Crippen LogP contribution in [-0.4, -0.2) is 46.8 Å². The van der Waals surface area contributed by atoms with E-state index in [-0.39, 0.29) is 11.7 Å². The van der Waals surface area contributed by atoms with Gasteiger partial charge in [0.15, 0.2) is 16.7 Å². The van der Waals surface area contributed by atoms with Gasteiger partial charge in [0.1, 0.15) is 13.2 Å². The lowest BCUT2D eigenvalue weighted by Crippen LogP contribution is -2.28. The van der Waals surface area contributed by atoms with Gasteiger partial charge in [0.2, 0.25) is 5.91 Å². The van der Waals surface area contributed by atoms with Crippen molar-refractivity contribution in [1.82, 2.24) is 14.9 Å².